The van der Waals surface area contributed by atoms with Crippen LogP contribution in [0, 0.1) is 0 Å². The third kappa shape index (κ3) is 4.34. The Morgan fingerprint density at radius 3 is 2.67 bits per heavy atom. The third-order valence-corrected chi connectivity index (χ3v) is 2.57. The largest absolute Gasteiger partial charge is 0.370 e. The van der Waals surface area contributed by atoms with Gasteiger partial charge in [0.1, 0.15) is 0 Å². The molecule has 0 bridgehead atoms. The average Bonchev–Trinajstić information content (AvgIpc) is 2.53. The Bertz CT molecular complexity index is 322. The number of guanidine groups is 1. The molecule has 1 aromatic rings. The minimum atomic E-state index is -0.118. The van der Waals surface area contributed by atoms with Gasteiger partial charge in [-0.3, -0.25) is 0 Å². The average molecular weight is 225 g/mol. The maximum atomic E-state index is 5.90. The van der Waals surface area contributed by atoms with E-state index >= 15 is 0 Å². The van der Waals surface area contributed by atoms with E-state index in [1.165, 1.54) is 5.56 Å². The van der Waals surface area contributed by atoms with E-state index in [4.69, 9.17) is 5.73 Å². The van der Waals surface area contributed by atoms with Crippen LogP contribution in [0.25, 0.3) is 0 Å². The first-order valence-electron chi connectivity index (χ1n) is 4.96. The van der Waals surface area contributed by atoms with Crippen molar-refractivity contribution in [3.63, 3.8) is 0 Å². The van der Waals surface area contributed by atoms with E-state index in [0.29, 0.717) is 5.96 Å². The van der Waals surface area contributed by atoms with Crippen molar-refractivity contribution in [2.24, 2.45) is 10.7 Å². The number of nitrogens with zero attached hydrogens (tertiary/aromatic N) is 2. The Labute approximate surface area is 95.6 Å². The fourth-order valence-electron chi connectivity index (χ4n) is 1.17. The Morgan fingerprint density at radius 1 is 1.53 bits per heavy atom. The van der Waals surface area contributed by atoms with Gasteiger partial charge in [-0.25, -0.2) is 4.99 Å². The summed E-state index contributed by atoms with van der Waals surface area (Å²) in [6.45, 7) is 6.93. The highest BCUT2D eigenvalue weighted by atomic mass is 32.1. The fraction of sp³-hybridized carbons (Fsp3) is 0.545. The molecule has 84 valence electrons. The number of hydrogen-bond acceptors (Lipinski definition) is 2. The van der Waals surface area contributed by atoms with Crippen molar-refractivity contribution >= 4 is 17.3 Å². The van der Waals surface area contributed by atoms with Gasteiger partial charge in [0.15, 0.2) is 5.96 Å². The van der Waals surface area contributed by atoms with Crippen LogP contribution in [0.1, 0.15) is 26.3 Å². The summed E-state index contributed by atoms with van der Waals surface area (Å²) in [5, 5.41) is 4.20. The highest BCUT2D eigenvalue weighted by Crippen LogP contribution is 2.10. The number of aliphatic imine (C=N–C) groups is 1. The van der Waals surface area contributed by atoms with Crippen molar-refractivity contribution in [3.8, 4) is 0 Å². The molecule has 0 radical (unpaired) electrons. The topological polar surface area (TPSA) is 41.6 Å². The molecule has 0 atom stereocenters. The van der Waals surface area contributed by atoms with Gasteiger partial charge in [0, 0.05) is 13.6 Å². The molecule has 0 saturated heterocycles. The maximum absolute atomic E-state index is 5.90. The van der Waals surface area contributed by atoms with Crippen molar-refractivity contribution < 1.29 is 0 Å². The van der Waals surface area contributed by atoms with Crippen LogP contribution in [0.3, 0.4) is 0 Å². The minimum absolute atomic E-state index is 0.118. The molecule has 3 nitrogen and oxygen atoms in total. The van der Waals surface area contributed by atoms with Crippen molar-refractivity contribution in [2.75, 3.05) is 7.05 Å². The van der Waals surface area contributed by atoms with Crippen molar-refractivity contribution in [1.82, 2.24) is 4.90 Å². The minimum Gasteiger partial charge on any atom is -0.370 e. The predicted octanol–water partition coefficient (Wildman–Crippen LogP) is 2.29. The van der Waals surface area contributed by atoms with Crippen LogP contribution in [0.4, 0.5) is 0 Å². The summed E-state index contributed by atoms with van der Waals surface area (Å²) in [5.74, 6) is 0.591. The molecule has 0 amide bonds. The summed E-state index contributed by atoms with van der Waals surface area (Å²) in [5.41, 5.74) is 7.05. The number of nitrogens with two attached hydrogens (primary N) is 1. The van der Waals surface area contributed by atoms with Gasteiger partial charge in [0.25, 0.3) is 0 Å². The molecule has 1 heterocycles. The van der Waals surface area contributed by atoms with Crippen LogP contribution >= 0.6 is 11.3 Å². The second-order valence-electron chi connectivity index (χ2n) is 4.63. The first-order valence-corrected chi connectivity index (χ1v) is 5.90. The van der Waals surface area contributed by atoms with E-state index in [1.54, 1.807) is 11.3 Å². The smallest absolute Gasteiger partial charge is 0.191 e. The summed E-state index contributed by atoms with van der Waals surface area (Å²) in [6.07, 6.45) is 0. The van der Waals surface area contributed by atoms with E-state index in [2.05, 4.69) is 21.8 Å². The third-order valence-electron chi connectivity index (χ3n) is 1.84. The molecule has 0 aliphatic rings. The molecule has 0 aromatic carbocycles. The second kappa shape index (κ2) is 4.66. The van der Waals surface area contributed by atoms with Gasteiger partial charge in [-0.1, -0.05) is 0 Å². The van der Waals surface area contributed by atoms with Crippen LogP contribution in [-0.2, 0) is 6.54 Å². The first kappa shape index (κ1) is 12.0. The zero-order valence-electron chi connectivity index (χ0n) is 9.82. The Morgan fingerprint density at radius 2 is 2.20 bits per heavy atom. The van der Waals surface area contributed by atoms with E-state index in [9.17, 15) is 0 Å². The molecule has 0 unspecified atom stereocenters. The molecule has 15 heavy (non-hydrogen) atoms. The van der Waals surface area contributed by atoms with Gasteiger partial charge in [0.05, 0.1) is 5.54 Å². The Balaban J connectivity index is 2.61. The van der Waals surface area contributed by atoms with Gasteiger partial charge < -0.3 is 10.6 Å². The molecular weight excluding hydrogens is 206 g/mol. The molecule has 0 aliphatic heterocycles. The zero-order chi connectivity index (χ0) is 11.5. The lowest BCUT2D eigenvalue weighted by Gasteiger charge is -2.21. The van der Waals surface area contributed by atoms with Crippen LogP contribution in [-0.4, -0.2) is 23.4 Å². The summed E-state index contributed by atoms with van der Waals surface area (Å²) in [4.78, 5) is 6.38. The molecule has 0 spiro atoms. The molecule has 4 heteroatoms. The number of rotatable bonds is 2. The summed E-state index contributed by atoms with van der Waals surface area (Å²) in [6, 6.07) is 2.10. The van der Waals surface area contributed by atoms with Crippen molar-refractivity contribution in [3.05, 3.63) is 22.4 Å². The predicted molar refractivity (Wildman–Crippen MR) is 67.2 cm³/mol. The van der Waals surface area contributed by atoms with Crippen LogP contribution in [0.2, 0.25) is 0 Å². The summed E-state index contributed by atoms with van der Waals surface area (Å²) >= 11 is 1.70. The van der Waals surface area contributed by atoms with Crippen LogP contribution in [0.5, 0.6) is 0 Å². The number of thiophene rings is 1. The molecule has 0 aliphatic carbocycles. The lowest BCUT2D eigenvalue weighted by molar-refractivity contribution is 0.475. The van der Waals surface area contributed by atoms with Gasteiger partial charge in [-0.15, -0.1) is 0 Å². The maximum Gasteiger partial charge on any atom is 0.191 e. The molecule has 2 N–H and O–H groups in total. The van der Waals surface area contributed by atoms with E-state index in [0.717, 1.165) is 6.54 Å². The monoisotopic (exact) mass is 225 g/mol. The lowest BCUT2D eigenvalue weighted by Crippen LogP contribution is -2.35. The molecule has 0 fully saturated rings. The van der Waals surface area contributed by atoms with Gasteiger partial charge >= 0.3 is 0 Å². The SMILES string of the molecule is CN(Cc1ccsc1)C(N)=NC(C)(C)C. The molecule has 0 saturated carbocycles. The Kier molecular flexibility index (Phi) is 3.74. The first-order chi connectivity index (χ1) is 6.88. The highest BCUT2D eigenvalue weighted by Gasteiger charge is 2.10. The highest BCUT2D eigenvalue weighted by molar-refractivity contribution is 7.07. The zero-order valence-corrected chi connectivity index (χ0v) is 10.6. The van der Waals surface area contributed by atoms with Gasteiger partial charge in [-0.2, -0.15) is 11.3 Å². The van der Waals surface area contributed by atoms with Crippen LogP contribution < -0.4 is 5.73 Å². The lowest BCUT2D eigenvalue weighted by atomic mass is 10.1. The van der Waals surface area contributed by atoms with E-state index in [1.807, 2.05) is 32.7 Å². The van der Waals surface area contributed by atoms with Crippen LogP contribution in [0.15, 0.2) is 21.8 Å². The van der Waals surface area contributed by atoms with E-state index in [-0.39, 0.29) is 5.54 Å². The van der Waals surface area contributed by atoms with Gasteiger partial charge in [0.2, 0.25) is 0 Å². The fourth-order valence-corrected chi connectivity index (χ4v) is 1.83. The molecule has 1 rings (SSSR count). The van der Waals surface area contributed by atoms with Crippen molar-refractivity contribution in [1.29, 1.82) is 0 Å². The second-order valence-corrected chi connectivity index (χ2v) is 5.41. The summed E-state index contributed by atoms with van der Waals surface area (Å²) < 4.78 is 0. The summed E-state index contributed by atoms with van der Waals surface area (Å²) in [7, 11) is 1.96. The number of hydrogen-bond donors (Lipinski definition) is 1. The molecular formula is C11H19N3S. The molecule has 1 aromatic heterocycles. The normalized spacial score (nSPS) is 12.9. The van der Waals surface area contributed by atoms with Crippen molar-refractivity contribution in [2.45, 2.75) is 32.9 Å². The quantitative estimate of drug-likeness (QED) is 0.620. The van der Waals surface area contributed by atoms with Gasteiger partial charge in [-0.05, 0) is 43.2 Å². The van der Waals surface area contributed by atoms with E-state index < -0.39 is 0 Å². The standard InChI is InChI=1S/C11H19N3S/c1-11(2,3)13-10(12)14(4)7-9-5-6-15-8-9/h5-6,8H,7H2,1-4H3,(H2,12,13). The Hall–Kier alpha value is -1.03.